The van der Waals surface area contributed by atoms with Crippen molar-refractivity contribution in [2.45, 2.75) is 44.2 Å². The molecule has 0 bridgehead atoms. The predicted octanol–water partition coefficient (Wildman–Crippen LogP) is 6.21. The van der Waals surface area contributed by atoms with E-state index in [1.807, 2.05) is 42.6 Å². The average molecular weight is 539 g/mol. The summed E-state index contributed by atoms with van der Waals surface area (Å²) in [5.41, 5.74) is 5.39. The summed E-state index contributed by atoms with van der Waals surface area (Å²) in [5, 5.41) is 17.5. The summed E-state index contributed by atoms with van der Waals surface area (Å²) in [6.07, 6.45) is 1.68. The number of thiophene rings is 1. The van der Waals surface area contributed by atoms with Crippen LogP contribution in [0.5, 0.6) is 5.75 Å². The van der Waals surface area contributed by atoms with E-state index in [2.05, 4.69) is 34.6 Å². The Hall–Kier alpha value is -3.94. The van der Waals surface area contributed by atoms with E-state index >= 15 is 0 Å². The maximum atomic E-state index is 12.8. The fourth-order valence-corrected chi connectivity index (χ4v) is 6.79. The number of H-pyrrole nitrogens is 1. The van der Waals surface area contributed by atoms with Gasteiger partial charge in [0.1, 0.15) is 10.4 Å². The number of aromatic nitrogens is 1. The third-order valence-electron chi connectivity index (χ3n) is 7.92. The molecule has 2 aromatic heterocycles. The van der Waals surface area contributed by atoms with Gasteiger partial charge in [-0.05, 0) is 59.5 Å². The molecule has 3 N–H and O–H groups in total. The molecule has 1 aliphatic carbocycles. The van der Waals surface area contributed by atoms with Gasteiger partial charge in [-0.3, -0.25) is 9.59 Å². The molecule has 2 heterocycles. The first kappa shape index (κ1) is 25.3. The van der Waals surface area contributed by atoms with Crippen LogP contribution < -0.4 is 15.6 Å². The number of amides is 1. The number of aromatic amines is 1. The van der Waals surface area contributed by atoms with Gasteiger partial charge in [0.2, 0.25) is 0 Å². The van der Waals surface area contributed by atoms with E-state index in [0.29, 0.717) is 10.3 Å². The summed E-state index contributed by atoms with van der Waals surface area (Å²) >= 11 is 1.44. The third kappa shape index (κ3) is 4.51. The first-order valence-corrected chi connectivity index (χ1v) is 14.1. The van der Waals surface area contributed by atoms with E-state index in [1.54, 1.807) is 19.2 Å². The van der Waals surface area contributed by atoms with E-state index in [9.17, 15) is 14.7 Å². The number of aliphatic hydroxyl groups is 1. The molecule has 198 valence electrons. The van der Waals surface area contributed by atoms with Gasteiger partial charge >= 0.3 is 0 Å². The Kier molecular flexibility index (Phi) is 6.71. The number of ether oxygens (including phenoxy) is 1. The summed E-state index contributed by atoms with van der Waals surface area (Å²) in [5.74, 6) is 0.565. The molecule has 1 saturated carbocycles. The lowest BCUT2D eigenvalue weighted by Gasteiger charge is -2.23. The van der Waals surface area contributed by atoms with Crippen LogP contribution in [0.25, 0.3) is 32.1 Å². The maximum absolute atomic E-state index is 12.8. The van der Waals surface area contributed by atoms with Gasteiger partial charge in [0.25, 0.3) is 11.5 Å². The smallest absolute Gasteiger partial charge is 0.266 e. The van der Waals surface area contributed by atoms with Crippen LogP contribution in [0.2, 0.25) is 0 Å². The van der Waals surface area contributed by atoms with Gasteiger partial charge in [0.05, 0.1) is 12.6 Å². The molecule has 0 spiro atoms. The van der Waals surface area contributed by atoms with E-state index in [-0.39, 0.29) is 23.4 Å². The number of hydrogen-bond donors (Lipinski definition) is 3. The molecule has 0 unspecified atom stereocenters. The predicted molar refractivity (Wildman–Crippen MR) is 157 cm³/mol. The molecule has 1 aliphatic rings. The lowest BCUT2D eigenvalue weighted by atomic mass is 9.90. The standard InChI is InChI=1S/C32H30N2O4S/c1-18-17-25(38-2)26(27-23-15-16-39-30(23)32(37)34-28(18)27)20-13-11-19(12-14-20)22-9-6-10-24(22)33-31(36)29(35)21-7-4-3-5-8-21/h3-5,7-8,11-17,22,24,29,35H,6,9-10H2,1-2H3,(H,33,36)(H,34,37)/t22-,24-,29-/m1/s1. The molecule has 5 aromatic rings. The largest absolute Gasteiger partial charge is 0.496 e. The van der Waals surface area contributed by atoms with Crippen LogP contribution in [0.15, 0.2) is 76.9 Å². The summed E-state index contributed by atoms with van der Waals surface area (Å²) in [7, 11) is 1.67. The van der Waals surface area contributed by atoms with E-state index in [1.165, 1.54) is 11.3 Å². The molecule has 3 aromatic carbocycles. The molecule has 3 atom stereocenters. The molecule has 7 heteroatoms. The van der Waals surface area contributed by atoms with Crippen molar-refractivity contribution in [2.24, 2.45) is 0 Å². The SMILES string of the molecule is COc1cc(C)c2[nH]c(=O)c3sccc3c2c1-c1ccc([C@H]2CCC[C@H]2NC(=O)[C@H](O)c2ccccc2)cc1. The molecule has 1 fully saturated rings. The summed E-state index contributed by atoms with van der Waals surface area (Å²) in [6, 6.07) is 21.4. The fraction of sp³-hybridized carbons (Fsp3) is 0.250. The normalized spacial score (nSPS) is 17.9. The second kappa shape index (κ2) is 10.3. The van der Waals surface area contributed by atoms with Gasteiger partial charge in [-0.2, -0.15) is 0 Å². The monoisotopic (exact) mass is 538 g/mol. The number of fused-ring (bicyclic) bond motifs is 3. The number of carbonyl (C=O) groups excluding carboxylic acids is 1. The second-order valence-electron chi connectivity index (χ2n) is 10.2. The summed E-state index contributed by atoms with van der Waals surface area (Å²) in [6.45, 7) is 1.98. The highest BCUT2D eigenvalue weighted by molar-refractivity contribution is 7.17. The van der Waals surface area contributed by atoms with Gasteiger partial charge in [-0.1, -0.05) is 61.0 Å². The number of aryl methyl sites for hydroxylation is 1. The number of aliphatic hydroxyl groups excluding tert-OH is 1. The molecular formula is C32H30N2O4S. The topological polar surface area (TPSA) is 91.4 Å². The molecule has 1 amide bonds. The zero-order valence-electron chi connectivity index (χ0n) is 21.9. The number of carbonyl (C=O) groups is 1. The van der Waals surface area contributed by atoms with Crippen LogP contribution in [0.3, 0.4) is 0 Å². The van der Waals surface area contributed by atoms with Gasteiger partial charge < -0.3 is 20.1 Å². The Morgan fingerprint density at radius 3 is 2.62 bits per heavy atom. The molecular weight excluding hydrogens is 508 g/mol. The van der Waals surface area contributed by atoms with E-state index in [0.717, 1.165) is 63.6 Å². The minimum atomic E-state index is -1.18. The lowest BCUT2D eigenvalue weighted by Crippen LogP contribution is -2.39. The Morgan fingerprint density at radius 1 is 1.10 bits per heavy atom. The zero-order chi connectivity index (χ0) is 27.1. The van der Waals surface area contributed by atoms with Crippen molar-refractivity contribution in [1.29, 1.82) is 0 Å². The van der Waals surface area contributed by atoms with E-state index < -0.39 is 6.10 Å². The van der Waals surface area contributed by atoms with Crippen molar-refractivity contribution in [3.63, 3.8) is 0 Å². The highest BCUT2D eigenvalue weighted by atomic mass is 32.1. The average Bonchev–Trinajstić information content (AvgIpc) is 3.64. The van der Waals surface area contributed by atoms with Crippen molar-refractivity contribution < 1.29 is 14.6 Å². The Balaban J connectivity index is 1.33. The fourth-order valence-electron chi connectivity index (χ4n) is 5.99. The van der Waals surface area contributed by atoms with Gasteiger partial charge in [-0.15, -0.1) is 11.3 Å². The molecule has 6 nitrogen and oxygen atoms in total. The third-order valence-corrected chi connectivity index (χ3v) is 8.84. The van der Waals surface area contributed by atoms with Crippen LogP contribution >= 0.6 is 11.3 Å². The van der Waals surface area contributed by atoms with Crippen LogP contribution in [0.4, 0.5) is 0 Å². The lowest BCUT2D eigenvalue weighted by molar-refractivity contribution is -0.130. The number of methoxy groups -OCH3 is 1. The van der Waals surface area contributed by atoms with Crippen LogP contribution in [0.1, 0.15) is 48.0 Å². The van der Waals surface area contributed by atoms with Crippen LogP contribution in [0, 0.1) is 6.92 Å². The molecule has 0 saturated heterocycles. The second-order valence-corrected chi connectivity index (χ2v) is 11.1. The number of hydrogen-bond acceptors (Lipinski definition) is 5. The van der Waals surface area contributed by atoms with Crippen molar-refractivity contribution in [3.8, 4) is 16.9 Å². The zero-order valence-corrected chi connectivity index (χ0v) is 22.7. The maximum Gasteiger partial charge on any atom is 0.266 e. The van der Waals surface area contributed by atoms with Crippen molar-refractivity contribution in [1.82, 2.24) is 10.3 Å². The van der Waals surface area contributed by atoms with E-state index in [4.69, 9.17) is 4.74 Å². The van der Waals surface area contributed by atoms with Crippen LogP contribution in [-0.4, -0.2) is 29.1 Å². The number of pyridine rings is 1. The van der Waals surface area contributed by atoms with Crippen molar-refractivity contribution in [3.05, 3.63) is 99.2 Å². The highest BCUT2D eigenvalue weighted by Crippen LogP contribution is 2.43. The van der Waals surface area contributed by atoms with Crippen LogP contribution in [-0.2, 0) is 4.79 Å². The number of nitrogens with one attached hydrogen (secondary N) is 2. The molecule has 0 radical (unpaired) electrons. The quantitative estimate of drug-likeness (QED) is 0.240. The molecule has 0 aliphatic heterocycles. The molecule has 6 rings (SSSR count). The Labute approximate surface area is 230 Å². The first-order chi connectivity index (χ1) is 19.0. The van der Waals surface area contributed by atoms with Gasteiger partial charge in [-0.25, -0.2) is 0 Å². The summed E-state index contributed by atoms with van der Waals surface area (Å²) in [4.78, 5) is 28.6. The highest BCUT2D eigenvalue weighted by Gasteiger charge is 2.32. The van der Waals surface area contributed by atoms with Gasteiger partial charge in [0, 0.05) is 28.3 Å². The minimum absolute atomic E-state index is 0.0352. The Morgan fingerprint density at radius 2 is 1.87 bits per heavy atom. The number of rotatable bonds is 6. The summed E-state index contributed by atoms with van der Waals surface area (Å²) < 4.78 is 6.54. The van der Waals surface area contributed by atoms with Crippen molar-refractivity contribution >= 4 is 38.2 Å². The van der Waals surface area contributed by atoms with Gasteiger partial charge in [0.15, 0.2) is 6.10 Å². The first-order valence-electron chi connectivity index (χ1n) is 13.2. The number of benzene rings is 3. The molecule has 39 heavy (non-hydrogen) atoms. The Bertz CT molecular complexity index is 1720. The van der Waals surface area contributed by atoms with Crippen molar-refractivity contribution in [2.75, 3.05) is 7.11 Å². The minimum Gasteiger partial charge on any atom is -0.496 e.